The van der Waals surface area contributed by atoms with Gasteiger partial charge in [0.25, 0.3) is 5.91 Å². The SMILES string of the molecule is CN(C)S(=O)(=O)c1cccc(NC(=O)COC(=O)CN2C(=O)[C@@H]3CCCC[C@H]3C2=O)c1. The highest BCUT2D eigenvalue weighted by molar-refractivity contribution is 7.89. The summed E-state index contributed by atoms with van der Waals surface area (Å²) in [7, 11) is -0.879. The molecule has 1 aliphatic carbocycles. The van der Waals surface area contributed by atoms with Crippen LogP contribution in [0.25, 0.3) is 0 Å². The maximum absolute atomic E-state index is 12.4. The van der Waals surface area contributed by atoms with Gasteiger partial charge >= 0.3 is 5.97 Å². The van der Waals surface area contributed by atoms with E-state index < -0.39 is 35.1 Å². The van der Waals surface area contributed by atoms with Crippen LogP contribution in [0.3, 0.4) is 0 Å². The lowest BCUT2D eigenvalue weighted by Gasteiger charge is -2.19. The van der Waals surface area contributed by atoms with Crippen molar-refractivity contribution in [1.82, 2.24) is 9.21 Å². The third kappa shape index (κ3) is 4.93. The fourth-order valence-electron chi connectivity index (χ4n) is 3.85. The molecule has 0 aromatic heterocycles. The molecule has 0 spiro atoms. The summed E-state index contributed by atoms with van der Waals surface area (Å²) in [5.41, 5.74) is 0.220. The van der Waals surface area contributed by atoms with Gasteiger partial charge < -0.3 is 10.1 Å². The predicted octanol–water partition coefficient (Wildman–Crippen LogP) is 0.594. The zero-order chi connectivity index (χ0) is 22.8. The molecule has 1 aliphatic heterocycles. The minimum Gasteiger partial charge on any atom is -0.454 e. The third-order valence-corrected chi connectivity index (χ3v) is 7.29. The van der Waals surface area contributed by atoms with Crippen LogP contribution in [-0.2, 0) is 33.9 Å². The Morgan fingerprint density at radius 2 is 1.74 bits per heavy atom. The van der Waals surface area contributed by atoms with Gasteiger partial charge in [-0.3, -0.25) is 24.1 Å². The number of hydrogen-bond donors (Lipinski definition) is 1. The van der Waals surface area contributed by atoms with E-state index >= 15 is 0 Å². The smallest absolute Gasteiger partial charge is 0.326 e. The summed E-state index contributed by atoms with van der Waals surface area (Å²) in [6, 6.07) is 5.66. The van der Waals surface area contributed by atoms with Crippen molar-refractivity contribution < 1.29 is 32.3 Å². The van der Waals surface area contributed by atoms with E-state index in [2.05, 4.69) is 5.32 Å². The van der Waals surface area contributed by atoms with E-state index in [9.17, 15) is 27.6 Å². The number of carbonyl (C=O) groups is 4. The van der Waals surface area contributed by atoms with Gasteiger partial charge in [0.1, 0.15) is 6.54 Å². The predicted molar refractivity (Wildman–Crippen MR) is 109 cm³/mol. The van der Waals surface area contributed by atoms with Crippen LogP contribution in [0.15, 0.2) is 29.2 Å². The minimum atomic E-state index is -3.67. The van der Waals surface area contributed by atoms with Crippen LogP contribution < -0.4 is 5.32 Å². The van der Waals surface area contributed by atoms with Gasteiger partial charge in [-0.25, -0.2) is 12.7 Å². The topological polar surface area (TPSA) is 130 Å². The van der Waals surface area contributed by atoms with Crippen LogP contribution in [0, 0.1) is 11.8 Å². The monoisotopic (exact) mass is 451 g/mol. The number of fused-ring (bicyclic) bond motifs is 1. The largest absolute Gasteiger partial charge is 0.454 e. The van der Waals surface area contributed by atoms with Crippen molar-refractivity contribution in [3.05, 3.63) is 24.3 Å². The summed E-state index contributed by atoms with van der Waals surface area (Å²) in [4.78, 5) is 49.9. The van der Waals surface area contributed by atoms with Crippen molar-refractivity contribution in [2.45, 2.75) is 30.6 Å². The molecule has 2 aliphatic rings. The third-order valence-electron chi connectivity index (χ3n) is 5.48. The highest BCUT2D eigenvalue weighted by Crippen LogP contribution is 2.37. The molecule has 31 heavy (non-hydrogen) atoms. The van der Waals surface area contributed by atoms with E-state index in [0.29, 0.717) is 12.8 Å². The van der Waals surface area contributed by atoms with E-state index in [4.69, 9.17) is 4.74 Å². The van der Waals surface area contributed by atoms with E-state index in [1.54, 1.807) is 0 Å². The van der Waals surface area contributed by atoms with Crippen LogP contribution in [0.1, 0.15) is 25.7 Å². The van der Waals surface area contributed by atoms with Crippen molar-refractivity contribution >= 4 is 39.4 Å². The minimum absolute atomic E-state index is 0.000167. The van der Waals surface area contributed by atoms with E-state index in [1.807, 2.05) is 0 Å². The first-order valence-corrected chi connectivity index (χ1v) is 11.4. The summed E-state index contributed by atoms with van der Waals surface area (Å²) in [5.74, 6) is -2.96. The molecule has 11 heteroatoms. The average Bonchev–Trinajstić information content (AvgIpc) is 2.97. The van der Waals surface area contributed by atoms with Gasteiger partial charge in [0.05, 0.1) is 16.7 Å². The van der Waals surface area contributed by atoms with Gasteiger partial charge in [-0.2, -0.15) is 0 Å². The summed E-state index contributed by atoms with van der Waals surface area (Å²) in [6.45, 7) is -1.15. The van der Waals surface area contributed by atoms with Crippen LogP contribution in [0.4, 0.5) is 5.69 Å². The van der Waals surface area contributed by atoms with Crippen LogP contribution in [0.5, 0.6) is 0 Å². The maximum Gasteiger partial charge on any atom is 0.326 e. The standard InChI is InChI=1S/C20H25N3O7S/c1-22(2)31(28,29)14-7-5-6-13(10-14)21-17(24)12-30-18(25)11-23-19(26)15-8-3-4-9-16(15)20(23)27/h5-7,10,15-16H,3-4,8-9,11-12H2,1-2H3,(H,21,24)/t15-,16-/m1/s1. The van der Waals surface area contributed by atoms with Gasteiger partial charge in [-0.1, -0.05) is 18.9 Å². The molecule has 168 valence electrons. The van der Waals surface area contributed by atoms with Gasteiger partial charge in [0, 0.05) is 19.8 Å². The van der Waals surface area contributed by atoms with E-state index in [0.717, 1.165) is 22.0 Å². The number of carbonyl (C=O) groups excluding carboxylic acids is 4. The first-order chi connectivity index (χ1) is 14.6. The number of ether oxygens (including phenoxy) is 1. The molecule has 0 bridgehead atoms. The fraction of sp³-hybridized carbons (Fsp3) is 0.500. The van der Waals surface area contributed by atoms with Gasteiger partial charge in [0.2, 0.25) is 21.8 Å². The normalized spacial score (nSPS) is 21.2. The Morgan fingerprint density at radius 3 is 2.32 bits per heavy atom. The van der Waals surface area contributed by atoms with Crippen LogP contribution >= 0.6 is 0 Å². The Balaban J connectivity index is 1.53. The second kappa shape index (κ2) is 9.15. The molecular weight excluding hydrogens is 426 g/mol. The van der Waals surface area contributed by atoms with Gasteiger partial charge in [0.15, 0.2) is 6.61 Å². The highest BCUT2D eigenvalue weighted by Gasteiger charge is 2.48. The number of sulfonamides is 1. The van der Waals surface area contributed by atoms with E-state index in [1.165, 1.54) is 38.4 Å². The molecule has 1 saturated heterocycles. The number of benzene rings is 1. The first kappa shape index (κ1) is 22.9. The lowest BCUT2D eigenvalue weighted by Crippen LogP contribution is -2.37. The molecule has 3 rings (SSSR count). The second-order valence-corrected chi connectivity index (χ2v) is 9.94. The Hall–Kier alpha value is -2.79. The number of likely N-dealkylation sites (tertiary alicyclic amines) is 1. The molecule has 2 fully saturated rings. The first-order valence-electron chi connectivity index (χ1n) is 9.94. The van der Waals surface area contributed by atoms with Gasteiger partial charge in [-0.15, -0.1) is 0 Å². The molecule has 0 radical (unpaired) electrons. The summed E-state index contributed by atoms with van der Waals surface area (Å²) in [5, 5.41) is 2.45. The fourth-order valence-corrected chi connectivity index (χ4v) is 4.80. The number of nitrogens with zero attached hydrogens (tertiary/aromatic N) is 2. The number of hydrogen-bond acceptors (Lipinski definition) is 7. The Kier molecular flexibility index (Phi) is 6.75. The Morgan fingerprint density at radius 1 is 1.13 bits per heavy atom. The highest BCUT2D eigenvalue weighted by atomic mass is 32.2. The zero-order valence-electron chi connectivity index (χ0n) is 17.4. The van der Waals surface area contributed by atoms with Crippen molar-refractivity contribution in [3.63, 3.8) is 0 Å². The number of imide groups is 1. The van der Waals surface area contributed by atoms with Crippen LogP contribution in [-0.4, -0.2) is 68.6 Å². The van der Waals surface area contributed by atoms with Gasteiger partial charge in [-0.05, 0) is 31.0 Å². The second-order valence-electron chi connectivity index (χ2n) is 7.78. The molecule has 1 heterocycles. The Bertz CT molecular complexity index is 982. The van der Waals surface area contributed by atoms with Crippen molar-refractivity contribution in [2.24, 2.45) is 11.8 Å². The summed E-state index contributed by atoms with van der Waals surface area (Å²) in [6.07, 6.45) is 3.06. The van der Waals surface area contributed by atoms with Crippen molar-refractivity contribution in [3.8, 4) is 0 Å². The zero-order valence-corrected chi connectivity index (χ0v) is 18.2. The average molecular weight is 452 g/mol. The molecule has 3 amide bonds. The molecule has 1 saturated carbocycles. The molecule has 2 atom stereocenters. The maximum atomic E-state index is 12.4. The lowest BCUT2D eigenvalue weighted by molar-refractivity contribution is -0.154. The number of anilines is 1. The van der Waals surface area contributed by atoms with E-state index in [-0.39, 0.29) is 34.2 Å². The summed E-state index contributed by atoms with van der Waals surface area (Å²) < 4.78 is 30.3. The summed E-state index contributed by atoms with van der Waals surface area (Å²) >= 11 is 0. The number of rotatable bonds is 7. The molecule has 10 nitrogen and oxygen atoms in total. The quantitative estimate of drug-likeness (QED) is 0.474. The molecule has 0 unspecified atom stereocenters. The van der Waals surface area contributed by atoms with Crippen molar-refractivity contribution in [1.29, 1.82) is 0 Å². The van der Waals surface area contributed by atoms with Crippen LogP contribution in [0.2, 0.25) is 0 Å². The Labute approximate surface area is 180 Å². The lowest BCUT2D eigenvalue weighted by atomic mass is 9.81. The number of amides is 3. The number of nitrogens with one attached hydrogen (secondary N) is 1. The molecular formula is C20H25N3O7S. The molecule has 1 aromatic carbocycles. The number of esters is 1. The molecule has 1 aromatic rings. The molecule has 1 N–H and O–H groups in total. The van der Waals surface area contributed by atoms with Crippen molar-refractivity contribution in [2.75, 3.05) is 32.6 Å².